The molecule has 1 aliphatic rings. The molecule has 0 amide bonds. The monoisotopic (exact) mass is 193 g/mol. The van der Waals surface area contributed by atoms with E-state index in [1.54, 1.807) is 0 Å². The minimum absolute atomic E-state index is 0.674. The molecule has 70 valence electrons. The average molecular weight is 193 g/mol. The highest BCUT2D eigenvalue weighted by Crippen LogP contribution is 2.25. The molecule has 0 unspecified atom stereocenters. The second-order valence-corrected chi connectivity index (χ2v) is 4.12. The fraction of sp³-hybridized carbons (Fsp3) is 0.455. The van der Waals surface area contributed by atoms with Crippen LogP contribution < -0.4 is 5.32 Å². The van der Waals surface area contributed by atoms with E-state index >= 15 is 0 Å². The Kier molecular flexibility index (Phi) is 2.79. The van der Waals surface area contributed by atoms with Crippen LogP contribution in [0.15, 0.2) is 29.2 Å². The van der Waals surface area contributed by atoms with Crippen LogP contribution in [0.1, 0.15) is 25.7 Å². The molecule has 0 radical (unpaired) electrons. The average Bonchev–Trinajstić information content (AvgIpc) is 2.61. The number of anilines is 1. The second-order valence-electron chi connectivity index (χ2n) is 3.64. The summed E-state index contributed by atoms with van der Waals surface area (Å²) in [5.74, 6) is 0. The van der Waals surface area contributed by atoms with Crippen LogP contribution in [-0.4, -0.2) is 6.04 Å². The van der Waals surface area contributed by atoms with Crippen molar-refractivity contribution in [1.29, 1.82) is 0 Å². The third-order valence-corrected chi connectivity index (χ3v) is 3.01. The lowest BCUT2D eigenvalue weighted by Gasteiger charge is -2.14. The zero-order chi connectivity index (χ0) is 9.10. The van der Waals surface area contributed by atoms with Crippen LogP contribution in [0, 0.1) is 0 Å². The van der Waals surface area contributed by atoms with Crippen molar-refractivity contribution >= 4 is 18.3 Å². The maximum atomic E-state index is 4.41. The highest BCUT2D eigenvalue weighted by molar-refractivity contribution is 7.80. The van der Waals surface area contributed by atoms with Crippen molar-refractivity contribution in [3.8, 4) is 0 Å². The van der Waals surface area contributed by atoms with Gasteiger partial charge in [-0.1, -0.05) is 25.0 Å². The summed E-state index contributed by atoms with van der Waals surface area (Å²) in [6.07, 6.45) is 5.35. The predicted octanol–water partition coefficient (Wildman–Crippen LogP) is 3.33. The van der Waals surface area contributed by atoms with Gasteiger partial charge < -0.3 is 5.32 Å². The van der Waals surface area contributed by atoms with Crippen molar-refractivity contribution in [1.82, 2.24) is 0 Å². The van der Waals surface area contributed by atoms with Crippen LogP contribution in [-0.2, 0) is 0 Å². The van der Waals surface area contributed by atoms with Gasteiger partial charge in [0.1, 0.15) is 0 Å². The Bertz CT molecular complexity index is 279. The molecule has 2 heteroatoms. The number of hydrogen-bond acceptors (Lipinski definition) is 2. The van der Waals surface area contributed by atoms with E-state index in [1.807, 2.05) is 12.1 Å². The van der Waals surface area contributed by atoms with Gasteiger partial charge in [0.25, 0.3) is 0 Å². The summed E-state index contributed by atoms with van der Waals surface area (Å²) in [6.45, 7) is 0. The Labute approximate surface area is 85.0 Å². The lowest BCUT2D eigenvalue weighted by atomic mass is 10.2. The molecule has 1 aromatic rings. The van der Waals surface area contributed by atoms with Crippen molar-refractivity contribution in [2.75, 3.05) is 5.32 Å². The Morgan fingerprint density at radius 3 is 2.54 bits per heavy atom. The molecule has 0 spiro atoms. The fourth-order valence-electron chi connectivity index (χ4n) is 1.89. The van der Waals surface area contributed by atoms with Gasteiger partial charge in [-0.2, -0.15) is 0 Å². The van der Waals surface area contributed by atoms with Crippen LogP contribution in [0.2, 0.25) is 0 Å². The SMILES string of the molecule is Sc1ccccc1NC1CCCC1. The van der Waals surface area contributed by atoms with Gasteiger partial charge in [-0.05, 0) is 25.0 Å². The van der Waals surface area contributed by atoms with Gasteiger partial charge in [-0.15, -0.1) is 12.6 Å². The van der Waals surface area contributed by atoms with Crippen molar-refractivity contribution in [3.05, 3.63) is 24.3 Å². The Morgan fingerprint density at radius 2 is 1.85 bits per heavy atom. The largest absolute Gasteiger partial charge is 0.381 e. The minimum atomic E-state index is 0.674. The maximum Gasteiger partial charge on any atom is 0.0477 e. The first-order valence-corrected chi connectivity index (χ1v) is 5.35. The molecule has 1 saturated carbocycles. The first-order valence-electron chi connectivity index (χ1n) is 4.91. The first-order chi connectivity index (χ1) is 6.36. The highest BCUT2D eigenvalue weighted by atomic mass is 32.1. The summed E-state index contributed by atoms with van der Waals surface area (Å²) >= 11 is 4.41. The van der Waals surface area contributed by atoms with Gasteiger partial charge in [0.05, 0.1) is 0 Å². The number of rotatable bonds is 2. The zero-order valence-electron chi connectivity index (χ0n) is 7.66. The van der Waals surface area contributed by atoms with E-state index in [2.05, 4.69) is 30.1 Å². The van der Waals surface area contributed by atoms with Crippen LogP contribution in [0.4, 0.5) is 5.69 Å². The third kappa shape index (κ3) is 2.19. The summed E-state index contributed by atoms with van der Waals surface area (Å²) in [7, 11) is 0. The molecule has 2 rings (SSSR count). The van der Waals surface area contributed by atoms with Gasteiger partial charge in [0, 0.05) is 16.6 Å². The summed E-state index contributed by atoms with van der Waals surface area (Å²) in [4.78, 5) is 1.05. The lowest BCUT2D eigenvalue weighted by Crippen LogP contribution is -2.14. The number of benzene rings is 1. The van der Waals surface area contributed by atoms with Crippen LogP contribution >= 0.6 is 12.6 Å². The van der Waals surface area contributed by atoms with Crippen molar-refractivity contribution in [2.24, 2.45) is 0 Å². The number of para-hydroxylation sites is 1. The molecule has 0 saturated heterocycles. The molecule has 0 atom stereocenters. The van der Waals surface area contributed by atoms with Crippen LogP contribution in [0.5, 0.6) is 0 Å². The molecule has 0 aliphatic heterocycles. The molecule has 1 aromatic carbocycles. The third-order valence-electron chi connectivity index (χ3n) is 2.62. The molecular formula is C11H15NS. The maximum absolute atomic E-state index is 4.41. The number of nitrogens with one attached hydrogen (secondary N) is 1. The molecule has 0 bridgehead atoms. The van der Waals surface area contributed by atoms with Gasteiger partial charge in [0.2, 0.25) is 0 Å². The first kappa shape index (κ1) is 8.95. The fourth-order valence-corrected chi connectivity index (χ4v) is 2.11. The second kappa shape index (κ2) is 4.05. The smallest absolute Gasteiger partial charge is 0.0477 e. The van der Waals surface area contributed by atoms with Crippen molar-refractivity contribution in [3.63, 3.8) is 0 Å². The highest BCUT2D eigenvalue weighted by Gasteiger charge is 2.14. The normalized spacial score (nSPS) is 17.6. The number of thiol groups is 1. The van der Waals surface area contributed by atoms with E-state index in [1.165, 1.54) is 31.4 Å². The molecule has 1 aliphatic carbocycles. The van der Waals surface area contributed by atoms with E-state index in [9.17, 15) is 0 Å². The van der Waals surface area contributed by atoms with Crippen molar-refractivity contribution < 1.29 is 0 Å². The Balaban J connectivity index is 2.04. The van der Waals surface area contributed by atoms with E-state index < -0.39 is 0 Å². The Morgan fingerprint density at radius 1 is 1.15 bits per heavy atom. The molecule has 0 aromatic heterocycles. The zero-order valence-corrected chi connectivity index (χ0v) is 8.56. The summed E-state index contributed by atoms with van der Waals surface area (Å²) in [5, 5.41) is 3.53. The summed E-state index contributed by atoms with van der Waals surface area (Å²) < 4.78 is 0. The van der Waals surface area contributed by atoms with Gasteiger partial charge in [0.15, 0.2) is 0 Å². The molecular weight excluding hydrogens is 178 g/mol. The standard InChI is InChI=1S/C11H15NS/c13-11-8-4-3-7-10(11)12-9-5-1-2-6-9/h3-4,7-9,12-13H,1-2,5-6H2. The van der Waals surface area contributed by atoms with Crippen molar-refractivity contribution in [2.45, 2.75) is 36.6 Å². The van der Waals surface area contributed by atoms with E-state index in [0.29, 0.717) is 6.04 Å². The van der Waals surface area contributed by atoms with Gasteiger partial charge in [-0.25, -0.2) is 0 Å². The molecule has 13 heavy (non-hydrogen) atoms. The van der Waals surface area contributed by atoms with Gasteiger partial charge >= 0.3 is 0 Å². The minimum Gasteiger partial charge on any atom is -0.381 e. The Hall–Kier alpha value is -0.630. The topological polar surface area (TPSA) is 12.0 Å². The van der Waals surface area contributed by atoms with Gasteiger partial charge in [-0.3, -0.25) is 0 Å². The lowest BCUT2D eigenvalue weighted by molar-refractivity contribution is 0.753. The van der Waals surface area contributed by atoms with E-state index in [0.717, 1.165) is 4.90 Å². The quantitative estimate of drug-likeness (QED) is 0.687. The van der Waals surface area contributed by atoms with Crippen LogP contribution in [0.3, 0.4) is 0 Å². The molecule has 1 N–H and O–H groups in total. The summed E-state index contributed by atoms with van der Waals surface area (Å²) in [5.41, 5.74) is 1.18. The van der Waals surface area contributed by atoms with E-state index in [-0.39, 0.29) is 0 Å². The molecule has 1 fully saturated rings. The summed E-state index contributed by atoms with van der Waals surface area (Å²) in [6, 6.07) is 8.87. The predicted molar refractivity (Wildman–Crippen MR) is 59.6 cm³/mol. The number of hydrogen-bond donors (Lipinski definition) is 2. The van der Waals surface area contributed by atoms with Crippen LogP contribution in [0.25, 0.3) is 0 Å². The van der Waals surface area contributed by atoms with E-state index in [4.69, 9.17) is 0 Å². The molecule has 1 nitrogen and oxygen atoms in total. The molecule has 0 heterocycles.